The van der Waals surface area contributed by atoms with Crippen LogP contribution in [-0.2, 0) is 11.3 Å². The van der Waals surface area contributed by atoms with Crippen molar-refractivity contribution in [3.8, 4) is 11.5 Å². The van der Waals surface area contributed by atoms with Crippen molar-refractivity contribution in [3.05, 3.63) is 70.8 Å². The molecule has 0 saturated heterocycles. The molecule has 0 radical (unpaired) electrons. The maximum atomic E-state index is 10.7. The number of ether oxygens (including phenoxy) is 1. The van der Waals surface area contributed by atoms with Crippen molar-refractivity contribution in [2.75, 3.05) is 0 Å². The van der Waals surface area contributed by atoms with Gasteiger partial charge in [0.05, 0.1) is 5.56 Å². The van der Waals surface area contributed by atoms with Crippen molar-refractivity contribution in [3.63, 3.8) is 0 Å². The SMILES string of the molecule is CCCCCc1cc(O)c2c(c1)OC(C)(C)[C@@H]1CCC(C)=C[C@@H]21.NOC(N)=O.O=C(O)c1ccccc1. The lowest BCUT2D eigenvalue weighted by molar-refractivity contribution is 0.0107. The number of carbonyl (C=O) groups excluding carboxylic acids is 1. The lowest BCUT2D eigenvalue weighted by Gasteiger charge is -2.46. The van der Waals surface area contributed by atoms with Gasteiger partial charge in [-0.2, -0.15) is 5.90 Å². The summed E-state index contributed by atoms with van der Waals surface area (Å²) in [5, 5.41) is 19.1. The number of hydrogen-bond donors (Lipinski definition) is 4. The number of allylic oxidation sites excluding steroid dienone is 2. The van der Waals surface area contributed by atoms with Crippen LogP contribution in [0.1, 0.15) is 87.2 Å². The number of carboxylic acid groups (broad SMARTS) is 1. The molecule has 8 heteroatoms. The van der Waals surface area contributed by atoms with Gasteiger partial charge in [-0.25, -0.2) is 9.59 Å². The molecule has 0 bridgehead atoms. The van der Waals surface area contributed by atoms with E-state index >= 15 is 0 Å². The third-order valence-electron chi connectivity index (χ3n) is 6.73. The highest BCUT2D eigenvalue weighted by atomic mass is 16.7. The van der Waals surface area contributed by atoms with E-state index in [4.69, 9.17) is 9.84 Å². The van der Waals surface area contributed by atoms with E-state index in [-0.39, 0.29) is 11.5 Å². The van der Waals surface area contributed by atoms with Crippen LogP contribution >= 0.6 is 0 Å². The Morgan fingerprint density at radius 1 is 1.16 bits per heavy atom. The van der Waals surface area contributed by atoms with Gasteiger partial charge in [0.25, 0.3) is 0 Å². The molecule has 202 valence electrons. The molecule has 2 aromatic carbocycles. The molecule has 8 nitrogen and oxygen atoms in total. The van der Waals surface area contributed by atoms with E-state index in [0.717, 1.165) is 30.6 Å². The maximum Gasteiger partial charge on any atom is 0.423 e. The molecule has 0 aromatic heterocycles. The van der Waals surface area contributed by atoms with Gasteiger partial charge in [-0.15, -0.1) is 0 Å². The molecule has 37 heavy (non-hydrogen) atoms. The molecule has 0 saturated carbocycles. The summed E-state index contributed by atoms with van der Waals surface area (Å²) in [6.07, 6.45) is 8.30. The number of carboxylic acids is 1. The van der Waals surface area contributed by atoms with Gasteiger partial charge in [-0.3, -0.25) is 0 Å². The number of hydrogen-bond acceptors (Lipinski definition) is 6. The number of phenols is 1. The van der Waals surface area contributed by atoms with Crippen LogP contribution in [0.25, 0.3) is 0 Å². The van der Waals surface area contributed by atoms with Crippen molar-refractivity contribution in [1.82, 2.24) is 0 Å². The Hall–Kier alpha value is -3.52. The standard InChI is InChI=1S/C21H30O2.C7H6O2.CH4N2O2/c1-5-6-7-8-15-12-18(22)20-16-11-14(2)9-10-17(16)21(3,4)23-19(20)13-15;8-7(9)6-4-2-1-3-5-6;2-1(4)5-3/h11-13,16-17,22H,5-10H2,1-4H3;1-5H,(H,8,9);3H2,(H2,2,4)/t16-,17-;;/m1../s1. The minimum atomic E-state index is -0.968. The Kier molecular flexibility index (Phi) is 11.0. The van der Waals surface area contributed by atoms with Crippen LogP contribution in [0.5, 0.6) is 11.5 Å². The van der Waals surface area contributed by atoms with Crippen LogP contribution in [0.2, 0.25) is 0 Å². The molecule has 0 unspecified atom stereocenters. The second-order valence-corrected chi connectivity index (χ2v) is 9.98. The number of phenolic OH excluding ortho intramolecular Hbond substituents is 1. The van der Waals surface area contributed by atoms with Gasteiger partial charge >= 0.3 is 12.1 Å². The van der Waals surface area contributed by atoms with Gasteiger partial charge < -0.3 is 25.5 Å². The first-order valence-electron chi connectivity index (χ1n) is 12.7. The summed E-state index contributed by atoms with van der Waals surface area (Å²) in [6.45, 7) is 8.81. The van der Waals surface area contributed by atoms with Gasteiger partial charge in [0.1, 0.15) is 17.1 Å². The summed E-state index contributed by atoms with van der Waals surface area (Å²) < 4.78 is 6.36. The Morgan fingerprint density at radius 2 is 1.81 bits per heavy atom. The first-order valence-corrected chi connectivity index (χ1v) is 12.7. The molecule has 0 fully saturated rings. The summed E-state index contributed by atoms with van der Waals surface area (Å²) in [5.74, 6) is 5.36. The van der Waals surface area contributed by atoms with Gasteiger partial charge in [-0.1, -0.05) is 49.6 Å². The van der Waals surface area contributed by atoms with E-state index < -0.39 is 12.1 Å². The minimum absolute atomic E-state index is 0.177. The van der Waals surface area contributed by atoms with Crippen molar-refractivity contribution < 1.29 is 29.4 Å². The molecule has 1 heterocycles. The number of unbranched alkanes of at least 4 members (excludes halogenated alkanes) is 2. The zero-order valence-corrected chi connectivity index (χ0v) is 22.2. The smallest absolute Gasteiger partial charge is 0.423 e. The second-order valence-electron chi connectivity index (χ2n) is 9.98. The molecule has 1 aliphatic heterocycles. The minimum Gasteiger partial charge on any atom is -0.507 e. The summed E-state index contributed by atoms with van der Waals surface area (Å²) in [5.41, 5.74) is 8.09. The maximum absolute atomic E-state index is 10.7. The fourth-order valence-corrected chi connectivity index (χ4v) is 4.88. The molecule has 1 aliphatic carbocycles. The Balaban J connectivity index is 0.000000283. The highest BCUT2D eigenvalue weighted by Gasteiger charge is 2.45. The predicted molar refractivity (Wildman–Crippen MR) is 144 cm³/mol. The number of amides is 1. The number of benzene rings is 2. The van der Waals surface area contributed by atoms with Crippen molar-refractivity contribution in [2.24, 2.45) is 17.5 Å². The molecular formula is C29H40N2O6. The van der Waals surface area contributed by atoms with E-state index in [1.165, 1.54) is 30.4 Å². The molecule has 2 aliphatic rings. The van der Waals surface area contributed by atoms with E-state index in [1.54, 1.807) is 30.3 Å². The third kappa shape index (κ3) is 8.53. The largest absolute Gasteiger partial charge is 0.507 e. The van der Waals surface area contributed by atoms with Crippen LogP contribution in [-0.4, -0.2) is 27.9 Å². The first kappa shape index (κ1) is 29.7. The zero-order chi connectivity index (χ0) is 27.6. The lowest BCUT2D eigenvalue weighted by Crippen LogP contribution is -2.45. The fourth-order valence-electron chi connectivity index (χ4n) is 4.88. The molecular weight excluding hydrogens is 472 g/mol. The van der Waals surface area contributed by atoms with Crippen molar-refractivity contribution >= 4 is 12.1 Å². The third-order valence-corrected chi connectivity index (χ3v) is 6.73. The number of fused-ring (bicyclic) bond motifs is 3. The Labute approximate surface area is 219 Å². The van der Waals surface area contributed by atoms with Crippen LogP contribution in [0.4, 0.5) is 4.79 Å². The number of nitrogens with two attached hydrogens (primary N) is 2. The molecule has 2 atom stereocenters. The van der Waals surface area contributed by atoms with Gasteiger partial charge in [0.15, 0.2) is 0 Å². The Bertz CT molecular complexity index is 1080. The molecule has 6 N–H and O–H groups in total. The van der Waals surface area contributed by atoms with E-state index in [0.29, 0.717) is 17.2 Å². The molecule has 0 spiro atoms. The fraction of sp³-hybridized carbons (Fsp3) is 0.448. The summed E-state index contributed by atoms with van der Waals surface area (Å²) in [4.78, 5) is 22.8. The summed E-state index contributed by atoms with van der Waals surface area (Å²) in [6, 6.07) is 12.4. The number of rotatable bonds is 5. The van der Waals surface area contributed by atoms with Gasteiger partial charge in [0.2, 0.25) is 0 Å². The van der Waals surface area contributed by atoms with Crippen molar-refractivity contribution in [2.45, 2.75) is 77.7 Å². The highest BCUT2D eigenvalue weighted by Crippen LogP contribution is 2.53. The van der Waals surface area contributed by atoms with Gasteiger partial charge in [0, 0.05) is 17.4 Å². The second kappa shape index (κ2) is 13.7. The monoisotopic (exact) mass is 512 g/mol. The highest BCUT2D eigenvalue weighted by molar-refractivity contribution is 5.87. The van der Waals surface area contributed by atoms with Crippen LogP contribution in [0, 0.1) is 5.92 Å². The number of primary amides is 1. The van der Waals surface area contributed by atoms with Crippen LogP contribution in [0.3, 0.4) is 0 Å². The summed E-state index contributed by atoms with van der Waals surface area (Å²) in [7, 11) is 0. The molecule has 2 aromatic rings. The lowest BCUT2D eigenvalue weighted by atomic mass is 9.68. The number of aryl methyl sites for hydroxylation is 1. The van der Waals surface area contributed by atoms with E-state index in [1.807, 2.05) is 6.07 Å². The summed E-state index contributed by atoms with van der Waals surface area (Å²) >= 11 is 0. The topological polar surface area (TPSA) is 145 Å². The first-order chi connectivity index (χ1) is 17.5. The number of carbonyl (C=O) groups is 2. The average Bonchev–Trinajstić information content (AvgIpc) is 2.84. The van der Waals surface area contributed by atoms with Crippen LogP contribution in [0.15, 0.2) is 54.1 Å². The zero-order valence-electron chi connectivity index (χ0n) is 22.2. The van der Waals surface area contributed by atoms with E-state index in [9.17, 15) is 14.7 Å². The predicted octanol–water partition coefficient (Wildman–Crippen LogP) is 6.08. The normalized spacial score (nSPS) is 18.7. The number of aromatic carboxylic acids is 1. The quantitative estimate of drug-likeness (QED) is 0.216. The van der Waals surface area contributed by atoms with Crippen LogP contribution < -0.4 is 16.4 Å². The molecule has 1 amide bonds. The molecule has 4 rings (SSSR count). The van der Waals surface area contributed by atoms with Crippen molar-refractivity contribution in [1.29, 1.82) is 0 Å². The van der Waals surface area contributed by atoms with E-state index in [2.05, 4.69) is 56.3 Å². The van der Waals surface area contributed by atoms with Gasteiger partial charge in [-0.05, 0) is 76.3 Å². The Morgan fingerprint density at radius 3 is 2.35 bits per heavy atom. The number of aromatic hydroxyl groups is 1. The average molecular weight is 513 g/mol.